The molecule has 1 atom stereocenters. The zero-order valence-corrected chi connectivity index (χ0v) is 16.5. The Bertz CT molecular complexity index is 1010. The molecule has 1 aliphatic heterocycles. The van der Waals surface area contributed by atoms with Gasteiger partial charge in [-0.05, 0) is 30.3 Å². The molecule has 1 aromatic heterocycles. The first-order chi connectivity index (χ1) is 13.6. The van der Waals surface area contributed by atoms with Gasteiger partial charge in [-0.2, -0.15) is 0 Å². The summed E-state index contributed by atoms with van der Waals surface area (Å²) in [4.78, 5) is 18.6. The van der Waals surface area contributed by atoms with E-state index in [0.717, 1.165) is 23.1 Å². The number of likely N-dealkylation sites (tertiary alicyclic amines) is 1. The fraction of sp³-hybridized carbons (Fsp3) is 0.238. The fourth-order valence-electron chi connectivity index (χ4n) is 3.22. The van der Waals surface area contributed by atoms with E-state index in [-0.39, 0.29) is 18.6 Å². The van der Waals surface area contributed by atoms with Gasteiger partial charge in [-0.1, -0.05) is 41.4 Å². The number of rotatable bonds is 5. The lowest BCUT2D eigenvalue weighted by molar-refractivity contribution is -0.132. The number of hydrogen-bond acceptors (Lipinski definition) is 4. The van der Waals surface area contributed by atoms with E-state index in [1.54, 1.807) is 29.3 Å². The molecular weight excluding hydrogens is 399 g/mol. The Hall–Kier alpha value is -2.50. The third-order valence-electron chi connectivity index (χ3n) is 4.63. The average molecular weight is 417 g/mol. The molecule has 7 heteroatoms. The number of carbonyl (C=O) groups is 1. The van der Waals surface area contributed by atoms with Crippen LogP contribution in [-0.2, 0) is 4.79 Å². The molecule has 0 spiro atoms. The highest BCUT2D eigenvalue weighted by molar-refractivity contribution is 6.35. The van der Waals surface area contributed by atoms with E-state index in [1.807, 2.05) is 30.3 Å². The van der Waals surface area contributed by atoms with Crippen LogP contribution in [0.3, 0.4) is 0 Å². The molecule has 1 amide bonds. The molecule has 0 aliphatic carbocycles. The van der Waals surface area contributed by atoms with E-state index in [1.165, 1.54) is 0 Å². The lowest BCUT2D eigenvalue weighted by Gasteiger charge is -2.18. The predicted molar refractivity (Wildman–Crippen MR) is 109 cm³/mol. The van der Waals surface area contributed by atoms with Gasteiger partial charge in [0.25, 0.3) is 5.91 Å². The maximum Gasteiger partial charge on any atom is 0.260 e. The average Bonchev–Trinajstić information content (AvgIpc) is 3.16. The van der Waals surface area contributed by atoms with E-state index in [0.29, 0.717) is 28.9 Å². The lowest BCUT2D eigenvalue weighted by atomic mass is 10.2. The van der Waals surface area contributed by atoms with Crippen LogP contribution in [0, 0.1) is 0 Å². The minimum Gasteiger partial charge on any atom is -0.486 e. The Labute approximate surface area is 172 Å². The van der Waals surface area contributed by atoms with Gasteiger partial charge in [0.15, 0.2) is 6.61 Å². The first kappa shape index (κ1) is 18.8. The zero-order valence-electron chi connectivity index (χ0n) is 15.0. The summed E-state index contributed by atoms with van der Waals surface area (Å²) in [6, 6.07) is 14.7. The van der Waals surface area contributed by atoms with Gasteiger partial charge in [-0.15, -0.1) is 0 Å². The number of fused-ring (bicyclic) bond motifs is 1. The Kier molecular flexibility index (Phi) is 5.55. The van der Waals surface area contributed by atoms with E-state index in [9.17, 15) is 4.79 Å². The van der Waals surface area contributed by atoms with Gasteiger partial charge < -0.3 is 14.4 Å². The molecule has 1 saturated heterocycles. The Morgan fingerprint density at radius 2 is 2.00 bits per heavy atom. The smallest absolute Gasteiger partial charge is 0.260 e. The molecule has 1 aliphatic rings. The number of nitrogens with zero attached hydrogens (tertiary/aromatic N) is 2. The number of carbonyl (C=O) groups excluding carboxylic acids is 1. The third kappa shape index (κ3) is 4.16. The van der Waals surface area contributed by atoms with Gasteiger partial charge in [0.2, 0.25) is 0 Å². The number of benzene rings is 2. The predicted octanol–water partition coefficient (Wildman–Crippen LogP) is 4.60. The molecule has 4 rings (SSSR count). The van der Waals surface area contributed by atoms with Gasteiger partial charge >= 0.3 is 0 Å². The van der Waals surface area contributed by atoms with Gasteiger partial charge in [0.1, 0.15) is 23.1 Å². The van der Waals surface area contributed by atoms with Crippen LogP contribution in [0.25, 0.3) is 10.9 Å². The van der Waals surface area contributed by atoms with Crippen LogP contribution in [0.1, 0.15) is 6.42 Å². The van der Waals surface area contributed by atoms with Crippen LogP contribution in [0.4, 0.5) is 0 Å². The van der Waals surface area contributed by atoms with Crippen molar-refractivity contribution < 1.29 is 14.3 Å². The highest BCUT2D eigenvalue weighted by atomic mass is 35.5. The summed E-state index contributed by atoms with van der Waals surface area (Å²) in [7, 11) is 0. The Morgan fingerprint density at radius 3 is 2.86 bits per heavy atom. The number of halogens is 2. The number of aromatic nitrogens is 1. The van der Waals surface area contributed by atoms with Crippen molar-refractivity contribution in [2.75, 3.05) is 19.7 Å². The normalized spacial score (nSPS) is 16.4. The topological polar surface area (TPSA) is 51.7 Å². The summed E-state index contributed by atoms with van der Waals surface area (Å²) in [5.74, 6) is 1.07. The molecule has 144 valence electrons. The van der Waals surface area contributed by atoms with Crippen molar-refractivity contribution >= 4 is 40.0 Å². The monoisotopic (exact) mass is 416 g/mol. The number of para-hydroxylation sites is 1. The fourth-order valence-corrected chi connectivity index (χ4v) is 3.69. The molecule has 0 N–H and O–H groups in total. The SMILES string of the molecule is O=C(COc1ccc(Cl)cc1Cl)N1CCC(Oc2cccc3cccnc23)C1. The molecule has 0 bridgehead atoms. The molecule has 0 radical (unpaired) electrons. The standard InChI is InChI=1S/C21H18Cl2N2O3/c22-15-6-7-18(17(23)11-15)27-13-20(26)25-10-8-16(12-25)28-19-5-1-3-14-4-2-9-24-21(14)19/h1-7,9,11,16H,8,10,12-13H2. The zero-order chi connectivity index (χ0) is 19.5. The molecule has 1 fully saturated rings. The summed E-state index contributed by atoms with van der Waals surface area (Å²) in [6.45, 7) is 1.06. The number of amides is 1. The van der Waals surface area contributed by atoms with Gasteiger partial charge in [-0.25, -0.2) is 0 Å². The summed E-state index contributed by atoms with van der Waals surface area (Å²) in [6.07, 6.45) is 2.44. The Balaban J connectivity index is 1.35. The molecule has 5 nitrogen and oxygen atoms in total. The van der Waals surface area contributed by atoms with Crippen molar-refractivity contribution in [1.82, 2.24) is 9.88 Å². The van der Waals surface area contributed by atoms with Crippen molar-refractivity contribution in [1.29, 1.82) is 0 Å². The maximum atomic E-state index is 12.5. The van der Waals surface area contributed by atoms with Gasteiger partial charge in [0, 0.05) is 29.6 Å². The number of pyridine rings is 1. The van der Waals surface area contributed by atoms with Crippen molar-refractivity contribution in [2.24, 2.45) is 0 Å². The first-order valence-corrected chi connectivity index (χ1v) is 9.72. The Morgan fingerprint density at radius 1 is 1.14 bits per heavy atom. The molecule has 0 saturated carbocycles. The van der Waals surface area contributed by atoms with E-state index in [4.69, 9.17) is 32.7 Å². The quantitative estimate of drug-likeness (QED) is 0.609. The summed E-state index contributed by atoms with van der Waals surface area (Å²) < 4.78 is 11.7. The largest absolute Gasteiger partial charge is 0.486 e. The molecule has 1 unspecified atom stereocenters. The van der Waals surface area contributed by atoms with Crippen molar-refractivity contribution in [3.05, 3.63) is 64.8 Å². The van der Waals surface area contributed by atoms with E-state index >= 15 is 0 Å². The van der Waals surface area contributed by atoms with E-state index in [2.05, 4.69) is 4.98 Å². The molecule has 2 heterocycles. The lowest BCUT2D eigenvalue weighted by Crippen LogP contribution is -2.34. The molecular formula is C21H18Cl2N2O3. The summed E-state index contributed by atoms with van der Waals surface area (Å²) in [5, 5.41) is 1.93. The van der Waals surface area contributed by atoms with Crippen LogP contribution in [0.15, 0.2) is 54.7 Å². The third-order valence-corrected chi connectivity index (χ3v) is 5.16. The number of ether oxygens (including phenoxy) is 2. The summed E-state index contributed by atoms with van der Waals surface area (Å²) in [5.41, 5.74) is 0.829. The first-order valence-electron chi connectivity index (χ1n) is 8.96. The molecule has 3 aromatic rings. The van der Waals surface area contributed by atoms with Gasteiger partial charge in [-0.3, -0.25) is 9.78 Å². The van der Waals surface area contributed by atoms with E-state index < -0.39 is 0 Å². The summed E-state index contributed by atoms with van der Waals surface area (Å²) >= 11 is 11.9. The second-order valence-corrected chi connectivity index (χ2v) is 7.41. The minimum atomic E-state index is -0.104. The molecule has 28 heavy (non-hydrogen) atoms. The highest BCUT2D eigenvalue weighted by Crippen LogP contribution is 2.28. The van der Waals surface area contributed by atoms with Crippen molar-refractivity contribution in [3.8, 4) is 11.5 Å². The van der Waals surface area contributed by atoms with Crippen LogP contribution in [-0.4, -0.2) is 41.6 Å². The van der Waals surface area contributed by atoms with Crippen molar-refractivity contribution in [2.45, 2.75) is 12.5 Å². The van der Waals surface area contributed by atoms with Crippen LogP contribution in [0.5, 0.6) is 11.5 Å². The minimum absolute atomic E-state index is 0.0734. The van der Waals surface area contributed by atoms with Crippen LogP contribution in [0.2, 0.25) is 10.0 Å². The van der Waals surface area contributed by atoms with Crippen LogP contribution < -0.4 is 9.47 Å². The molecule has 2 aromatic carbocycles. The van der Waals surface area contributed by atoms with Crippen LogP contribution >= 0.6 is 23.2 Å². The number of hydrogen-bond donors (Lipinski definition) is 0. The second kappa shape index (κ2) is 8.25. The van der Waals surface area contributed by atoms with Crippen molar-refractivity contribution in [3.63, 3.8) is 0 Å². The maximum absolute atomic E-state index is 12.5. The highest BCUT2D eigenvalue weighted by Gasteiger charge is 2.28. The second-order valence-electron chi connectivity index (χ2n) is 6.56. The van der Waals surface area contributed by atoms with Gasteiger partial charge in [0.05, 0.1) is 11.6 Å².